The standard InChI is InChI=1S/C10H10F2N2O5S/c11-5-1-2-6(12)8(3-5)20(18,19)14-7(10(16)17)4-9(13)15/h1-3,7,14H,4H2,(H2,13,15)(H,16,17)/t7-/m1/s1. The molecule has 1 rings (SSSR count). The van der Waals surface area contributed by atoms with Crippen LogP contribution in [-0.4, -0.2) is 31.4 Å². The highest BCUT2D eigenvalue weighted by atomic mass is 32.2. The molecule has 0 saturated heterocycles. The maximum absolute atomic E-state index is 13.4. The van der Waals surface area contributed by atoms with Crippen molar-refractivity contribution in [3.8, 4) is 0 Å². The summed E-state index contributed by atoms with van der Waals surface area (Å²) in [6, 6.07) is -0.207. The Balaban J connectivity index is 3.12. The minimum Gasteiger partial charge on any atom is -0.480 e. The Hall–Kier alpha value is -2.07. The van der Waals surface area contributed by atoms with Crippen LogP contribution in [0.3, 0.4) is 0 Å². The van der Waals surface area contributed by atoms with Gasteiger partial charge in [-0.15, -0.1) is 0 Å². The highest BCUT2D eigenvalue weighted by Crippen LogP contribution is 2.16. The average molecular weight is 308 g/mol. The number of sulfonamides is 1. The van der Waals surface area contributed by atoms with E-state index in [-0.39, 0.29) is 0 Å². The van der Waals surface area contributed by atoms with Gasteiger partial charge in [0.2, 0.25) is 15.9 Å². The normalized spacial score (nSPS) is 12.9. The van der Waals surface area contributed by atoms with E-state index in [0.29, 0.717) is 18.2 Å². The molecule has 0 saturated carbocycles. The number of carboxylic acid groups (broad SMARTS) is 1. The van der Waals surface area contributed by atoms with E-state index in [1.54, 1.807) is 4.72 Å². The summed E-state index contributed by atoms with van der Waals surface area (Å²) in [5.74, 6) is -5.03. The molecule has 1 atom stereocenters. The minimum atomic E-state index is -4.66. The zero-order valence-electron chi connectivity index (χ0n) is 9.84. The van der Waals surface area contributed by atoms with Gasteiger partial charge in [0.05, 0.1) is 6.42 Å². The number of benzene rings is 1. The Morgan fingerprint density at radius 1 is 1.35 bits per heavy atom. The minimum absolute atomic E-state index is 0.390. The van der Waals surface area contributed by atoms with Crippen LogP contribution in [0.2, 0.25) is 0 Å². The topological polar surface area (TPSA) is 127 Å². The van der Waals surface area contributed by atoms with Crippen LogP contribution in [0, 0.1) is 11.6 Å². The predicted octanol–water partition coefficient (Wildman–Crippen LogP) is -0.428. The van der Waals surface area contributed by atoms with E-state index in [4.69, 9.17) is 10.8 Å². The fourth-order valence-corrected chi connectivity index (χ4v) is 2.59. The molecular weight excluding hydrogens is 298 g/mol. The van der Waals surface area contributed by atoms with Gasteiger partial charge in [-0.1, -0.05) is 0 Å². The number of carbonyl (C=O) groups excluding carboxylic acids is 1. The Bertz CT molecular complexity index is 647. The molecule has 0 aliphatic heterocycles. The smallest absolute Gasteiger partial charge is 0.322 e. The second kappa shape index (κ2) is 5.92. The van der Waals surface area contributed by atoms with Crippen LogP contribution < -0.4 is 10.5 Å². The number of carboxylic acids is 1. The molecule has 1 aromatic rings. The van der Waals surface area contributed by atoms with E-state index < -0.39 is 50.9 Å². The Morgan fingerprint density at radius 2 is 1.95 bits per heavy atom. The molecule has 20 heavy (non-hydrogen) atoms. The van der Waals surface area contributed by atoms with E-state index in [0.717, 1.165) is 0 Å². The third-order valence-electron chi connectivity index (χ3n) is 2.18. The highest BCUT2D eigenvalue weighted by molar-refractivity contribution is 7.89. The van der Waals surface area contributed by atoms with Crippen molar-refractivity contribution in [2.24, 2.45) is 5.73 Å². The van der Waals surface area contributed by atoms with Gasteiger partial charge in [-0.25, -0.2) is 17.2 Å². The summed E-state index contributed by atoms with van der Waals surface area (Å²) in [5.41, 5.74) is 4.77. The molecule has 0 bridgehead atoms. The molecule has 0 aliphatic rings. The zero-order valence-corrected chi connectivity index (χ0v) is 10.7. The average Bonchev–Trinajstić information content (AvgIpc) is 2.30. The monoisotopic (exact) mass is 308 g/mol. The first-order chi connectivity index (χ1) is 9.13. The highest BCUT2D eigenvalue weighted by Gasteiger charge is 2.29. The van der Waals surface area contributed by atoms with Crippen LogP contribution >= 0.6 is 0 Å². The van der Waals surface area contributed by atoms with Crippen LogP contribution in [0.4, 0.5) is 8.78 Å². The largest absolute Gasteiger partial charge is 0.480 e. The van der Waals surface area contributed by atoms with Crippen molar-refractivity contribution in [1.29, 1.82) is 0 Å². The quantitative estimate of drug-likeness (QED) is 0.657. The second-order valence-corrected chi connectivity index (χ2v) is 5.44. The first-order valence-corrected chi connectivity index (χ1v) is 6.60. The Morgan fingerprint density at radius 3 is 2.45 bits per heavy atom. The molecule has 0 fully saturated rings. The van der Waals surface area contributed by atoms with Crippen LogP contribution in [0.15, 0.2) is 23.1 Å². The first kappa shape index (κ1) is 16.0. The van der Waals surface area contributed by atoms with Gasteiger partial charge in [-0.2, -0.15) is 4.72 Å². The first-order valence-electron chi connectivity index (χ1n) is 5.12. The molecule has 0 aliphatic carbocycles. The number of nitrogens with two attached hydrogens (primary N) is 1. The lowest BCUT2D eigenvalue weighted by molar-refractivity contribution is -0.140. The third-order valence-corrected chi connectivity index (χ3v) is 3.67. The van der Waals surface area contributed by atoms with Gasteiger partial charge in [0, 0.05) is 0 Å². The van der Waals surface area contributed by atoms with Crippen molar-refractivity contribution >= 4 is 21.9 Å². The van der Waals surface area contributed by atoms with Crippen LogP contribution in [-0.2, 0) is 19.6 Å². The molecule has 4 N–H and O–H groups in total. The maximum atomic E-state index is 13.4. The lowest BCUT2D eigenvalue weighted by Crippen LogP contribution is -2.43. The Labute approximate surface area is 112 Å². The molecule has 0 aromatic heterocycles. The Kier molecular flexibility index (Phi) is 4.73. The summed E-state index contributed by atoms with van der Waals surface area (Å²) < 4.78 is 51.4. The molecule has 110 valence electrons. The maximum Gasteiger partial charge on any atom is 0.322 e. The molecule has 0 spiro atoms. The van der Waals surface area contributed by atoms with Gasteiger partial charge < -0.3 is 10.8 Å². The summed E-state index contributed by atoms with van der Waals surface area (Å²) in [6.07, 6.45) is -0.828. The van der Waals surface area contributed by atoms with Crippen molar-refractivity contribution in [3.63, 3.8) is 0 Å². The zero-order chi connectivity index (χ0) is 15.5. The molecule has 0 radical (unpaired) electrons. The van der Waals surface area contributed by atoms with Crippen molar-refractivity contribution in [1.82, 2.24) is 4.72 Å². The number of amides is 1. The molecule has 1 aromatic carbocycles. The third kappa shape index (κ3) is 3.96. The van der Waals surface area contributed by atoms with Gasteiger partial charge >= 0.3 is 5.97 Å². The number of aliphatic carboxylic acids is 1. The summed E-state index contributed by atoms with van der Waals surface area (Å²) in [7, 11) is -4.66. The predicted molar refractivity (Wildman–Crippen MR) is 61.9 cm³/mol. The number of carbonyl (C=O) groups is 2. The fraction of sp³-hybridized carbons (Fsp3) is 0.200. The second-order valence-electron chi connectivity index (χ2n) is 3.76. The summed E-state index contributed by atoms with van der Waals surface area (Å²) in [4.78, 5) is 20.4. The lowest BCUT2D eigenvalue weighted by atomic mass is 10.2. The summed E-state index contributed by atoms with van der Waals surface area (Å²) in [6.45, 7) is 0. The van der Waals surface area contributed by atoms with Crippen LogP contribution in [0.5, 0.6) is 0 Å². The van der Waals surface area contributed by atoms with Crippen molar-refractivity contribution in [3.05, 3.63) is 29.8 Å². The van der Waals surface area contributed by atoms with E-state index in [2.05, 4.69) is 0 Å². The molecular formula is C10H10F2N2O5S. The SMILES string of the molecule is NC(=O)C[C@@H](NS(=O)(=O)c1cc(F)ccc1F)C(=O)O. The van der Waals surface area contributed by atoms with Gasteiger partial charge in [0.15, 0.2) is 0 Å². The molecule has 0 unspecified atom stereocenters. The number of hydrogen-bond donors (Lipinski definition) is 3. The molecule has 7 nitrogen and oxygen atoms in total. The number of rotatable bonds is 6. The van der Waals surface area contributed by atoms with Gasteiger partial charge in [0.25, 0.3) is 0 Å². The van der Waals surface area contributed by atoms with Gasteiger partial charge in [-0.3, -0.25) is 9.59 Å². The van der Waals surface area contributed by atoms with Crippen molar-refractivity contribution in [2.75, 3.05) is 0 Å². The number of nitrogens with one attached hydrogen (secondary N) is 1. The van der Waals surface area contributed by atoms with Crippen molar-refractivity contribution in [2.45, 2.75) is 17.4 Å². The summed E-state index contributed by atoms with van der Waals surface area (Å²) >= 11 is 0. The number of halogens is 2. The summed E-state index contributed by atoms with van der Waals surface area (Å²) in [5, 5.41) is 8.75. The van der Waals surface area contributed by atoms with E-state index in [1.165, 1.54) is 0 Å². The molecule has 0 heterocycles. The number of hydrogen-bond acceptors (Lipinski definition) is 4. The van der Waals surface area contributed by atoms with Gasteiger partial charge in [-0.05, 0) is 18.2 Å². The van der Waals surface area contributed by atoms with E-state index in [9.17, 15) is 26.8 Å². The molecule has 1 amide bonds. The fourth-order valence-electron chi connectivity index (χ4n) is 1.31. The van der Waals surface area contributed by atoms with Gasteiger partial charge in [0.1, 0.15) is 22.6 Å². The molecule has 10 heteroatoms. The van der Waals surface area contributed by atoms with E-state index >= 15 is 0 Å². The van der Waals surface area contributed by atoms with Crippen LogP contribution in [0.25, 0.3) is 0 Å². The van der Waals surface area contributed by atoms with E-state index in [1.807, 2.05) is 0 Å². The lowest BCUT2D eigenvalue weighted by Gasteiger charge is -2.13. The van der Waals surface area contributed by atoms with Crippen molar-refractivity contribution < 1.29 is 31.9 Å². The van der Waals surface area contributed by atoms with Crippen LogP contribution in [0.1, 0.15) is 6.42 Å². The number of primary amides is 1.